The van der Waals surface area contributed by atoms with Crippen molar-refractivity contribution in [2.45, 2.75) is 32.7 Å². The summed E-state index contributed by atoms with van der Waals surface area (Å²) in [5, 5.41) is 24.9. The summed E-state index contributed by atoms with van der Waals surface area (Å²) in [6.45, 7) is 4.63. The Kier molecular flexibility index (Phi) is 4.18. The maximum absolute atomic E-state index is 11.2. The van der Waals surface area contributed by atoms with Gasteiger partial charge in [0.2, 0.25) is 4.96 Å². The number of rotatable bonds is 4. The van der Waals surface area contributed by atoms with Crippen LogP contribution in [0.1, 0.15) is 30.7 Å². The van der Waals surface area contributed by atoms with Gasteiger partial charge in [-0.2, -0.15) is 9.61 Å². The van der Waals surface area contributed by atoms with Gasteiger partial charge in [0.1, 0.15) is 5.01 Å². The number of benzene rings is 1. The molecule has 0 amide bonds. The van der Waals surface area contributed by atoms with E-state index in [1.54, 1.807) is 23.6 Å². The predicted molar refractivity (Wildman–Crippen MR) is 94.6 cm³/mol. The smallest absolute Gasteiger partial charge is 0.273 e. The van der Waals surface area contributed by atoms with Crippen LogP contribution < -0.4 is 0 Å². The Morgan fingerprint density at radius 1 is 1.24 bits per heavy atom. The zero-order chi connectivity index (χ0) is 17.4. The summed E-state index contributed by atoms with van der Waals surface area (Å²) in [6, 6.07) is 5.19. The van der Waals surface area contributed by atoms with Gasteiger partial charge < -0.3 is 0 Å². The predicted octanol–water partition coefficient (Wildman–Crippen LogP) is 3.06. The summed E-state index contributed by atoms with van der Waals surface area (Å²) in [7, 11) is 0. The van der Waals surface area contributed by atoms with Crippen molar-refractivity contribution in [3.63, 3.8) is 0 Å². The average Bonchev–Trinajstić information content (AvgIpc) is 3.18. The standard InChI is InChI=1S/C16H18N6O2S/c1-11-5-6-12(9-13(11)22(23)24)15-19-21-14(17-18-16(21)25-15)10-20-7-3-2-4-8-20/h5-6,9H,2-4,7-8,10H2,1H3. The Hall–Kier alpha value is -2.39. The third kappa shape index (κ3) is 3.12. The normalized spacial score (nSPS) is 15.7. The lowest BCUT2D eigenvalue weighted by Gasteiger charge is -2.25. The van der Waals surface area contributed by atoms with E-state index in [4.69, 9.17) is 0 Å². The summed E-state index contributed by atoms with van der Waals surface area (Å²) in [5.74, 6) is 0.820. The molecule has 3 aromatic rings. The Morgan fingerprint density at radius 3 is 2.80 bits per heavy atom. The molecule has 0 radical (unpaired) electrons. The van der Waals surface area contributed by atoms with Gasteiger partial charge in [-0.3, -0.25) is 15.0 Å². The molecule has 0 saturated carbocycles. The van der Waals surface area contributed by atoms with E-state index in [1.807, 2.05) is 6.07 Å². The molecule has 1 fully saturated rings. The molecule has 1 aliphatic rings. The Labute approximate surface area is 148 Å². The highest BCUT2D eigenvalue weighted by atomic mass is 32.1. The Balaban J connectivity index is 1.65. The molecule has 9 heteroatoms. The quantitative estimate of drug-likeness (QED) is 0.526. The van der Waals surface area contributed by atoms with Crippen LogP contribution in [0.5, 0.6) is 0 Å². The van der Waals surface area contributed by atoms with Gasteiger partial charge in [0.25, 0.3) is 5.69 Å². The van der Waals surface area contributed by atoms with E-state index in [-0.39, 0.29) is 10.6 Å². The molecule has 0 N–H and O–H groups in total. The van der Waals surface area contributed by atoms with Crippen LogP contribution in [0, 0.1) is 17.0 Å². The SMILES string of the molecule is Cc1ccc(-c2nn3c(CN4CCCCC4)nnc3s2)cc1[N+](=O)[O-]. The molecule has 0 aliphatic carbocycles. The molecule has 0 unspecified atom stereocenters. The number of aromatic nitrogens is 4. The fraction of sp³-hybridized carbons (Fsp3) is 0.438. The number of nitro groups is 1. The van der Waals surface area contributed by atoms with Crippen LogP contribution in [0.15, 0.2) is 18.2 Å². The molecular formula is C16H18N6O2S. The fourth-order valence-electron chi connectivity index (χ4n) is 3.13. The number of piperidine rings is 1. The van der Waals surface area contributed by atoms with Crippen molar-refractivity contribution in [2.75, 3.05) is 13.1 Å². The van der Waals surface area contributed by atoms with Gasteiger partial charge in [-0.05, 0) is 32.9 Å². The van der Waals surface area contributed by atoms with Crippen LogP contribution in [-0.4, -0.2) is 42.7 Å². The van der Waals surface area contributed by atoms with E-state index in [2.05, 4.69) is 20.2 Å². The number of likely N-dealkylation sites (tertiary alicyclic amines) is 1. The summed E-state index contributed by atoms with van der Waals surface area (Å²) in [4.78, 5) is 13.9. The first-order chi connectivity index (χ1) is 12.1. The molecule has 130 valence electrons. The molecule has 8 nitrogen and oxygen atoms in total. The highest BCUT2D eigenvalue weighted by Gasteiger charge is 2.19. The number of nitrogens with zero attached hydrogens (tertiary/aromatic N) is 6. The lowest BCUT2D eigenvalue weighted by molar-refractivity contribution is -0.385. The van der Waals surface area contributed by atoms with Crippen LogP contribution in [0.25, 0.3) is 15.5 Å². The van der Waals surface area contributed by atoms with Crippen LogP contribution in [0.4, 0.5) is 5.69 Å². The number of hydrogen-bond donors (Lipinski definition) is 0. The van der Waals surface area contributed by atoms with E-state index in [9.17, 15) is 10.1 Å². The van der Waals surface area contributed by atoms with Crippen molar-refractivity contribution in [3.8, 4) is 10.6 Å². The highest BCUT2D eigenvalue weighted by molar-refractivity contribution is 7.19. The molecule has 1 aromatic carbocycles. The molecule has 1 aliphatic heterocycles. The summed E-state index contributed by atoms with van der Waals surface area (Å²) in [6.07, 6.45) is 3.73. The lowest BCUT2D eigenvalue weighted by Crippen LogP contribution is -2.30. The van der Waals surface area contributed by atoms with Gasteiger partial charge in [0.05, 0.1) is 11.5 Å². The first kappa shape index (κ1) is 16.1. The number of fused-ring (bicyclic) bond motifs is 1. The van der Waals surface area contributed by atoms with Crippen molar-refractivity contribution in [1.29, 1.82) is 0 Å². The van der Waals surface area contributed by atoms with E-state index in [0.29, 0.717) is 15.5 Å². The van der Waals surface area contributed by atoms with Crippen molar-refractivity contribution in [2.24, 2.45) is 0 Å². The first-order valence-corrected chi connectivity index (χ1v) is 9.12. The molecule has 0 atom stereocenters. The third-order valence-corrected chi connectivity index (χ3v) is 5.47. The maximum atomic E-state index is 11.2. The van der Waals surface area contributed by atoms with E-state index in [1.165, 1.54) is 30.6 Å². The Morgan fingerprint density at radius 2 is 2.04 bits per heavy atom. The van der Waals surface area contributed by atoms with Gasteiger partial charge in [0, 0.05) is 17.2 Å². The Bertz CT molecular complexity index is 928. The second kappa shape index (κ2) is 6.49. The molecular weight excluding hydrogens is 340 g/mol. The zero-order valence-electron chi connectivity index (χ0n) is 13.9. The molecule has 1 saturated heterocycles. The van der Waals surface area contributed by atoms with Gasteiger partial charge in [-0.1, -0.05) is 29.9 Å². The number of hydrogen-bond acceptors (Lipinski definition) is 7. The zero-order valence-corrected chi connectivity index (χ0v) is 14.7. The maximum Gasteiger partial charge on any atom is 0.273 e. The summed E-state index contributed by atoms with van der Waals surface area (Å²) in [5.41, 5.74) is 1.48. The third-order valence-electron chi connectivity index (χ3n) is 4.52. The molecule has 2 aromatic heterocycles. The monoisotopic (exact) mass is 358 g/mol. The second-order valence-corrected chi connectivity index (χ2v) is 7.27. The van der Waals surface area contributed by atoms with Crippen LogP contribution in [0.3, 0.4) is 0 Å². The second-order valence-electron chi connectivity index (χ2n) is 6.31. The van der Waals surface area contributed by atoms with Crippen molar-refractivity contribution in [1.82, 2.24) is 24.7 Å². The summed E-state index contributed by atoms with van der Waals surface area (Å²) >= 11 is 1.40. The minimum absolute atomic E-state index is 0.108. The minimum atomic E-state index is -0.360. The molecule has 4 rings (SSSR count). The van der Waals surface area contributed by atoms with Gasteiger partial charge in [0.15, 0.2) is 5.82 Å². The summed E-state index contributed by atoms with van der Waals surface area (Å²) < 4.78 is 1.76. The van der Waals surface area contributed by atoms with Crippen LogP contribution in [-0.2, 0) is 6.54 Å². The van der Waals surface area contributed by atoms with Crippen LogP contribution in [0.2, 0.25) is 0 Å². The largest absolute Gasteiger partial charge is 0.296 e. The lowest BCUT2D eigenvalue weighted by atomic mass is 10.1. The molecule has 25 heavy (non-hydrogen) atoms. The van der Waals surface area contributed by atoms with E-state index >= 15 is 0 Å². The van der Waals surface area contributed by atoms with Gasteiger partial charge in [-0.15, -0.1) is 10.2 Å². The van der Waals surface area contributed by atoms with Gasteiger partial charge in [-0.25, -0.2) is 0 Å². The minimum Gasteiger partial charge on any atom is -0.296 e. The first-order valence-electron chi connectivity index (χ1n) is 8.31. The van der Waals surface area contributed by atoms with Crippen LogP contribution >= 0.6 is 11.3 Å². The molecule has 3 heterocycles. The van der Waals surface area contributed by atoms with Gasteiger partial charge >= 0.3 is 0 Å². The molecule has 0 spiro atoms. The topological polar surface area (TPSA) is 89.5 Å². The van der Waals surface area contributed by atoms with E-state index < -0.39 is 0 Å². The average molecular weight is 358 g/mol. The van der Waals surface area contributed by atoms with Crippen molar-refractivity contribution >= 4 is 22.0 Å². The number of nitro benzene ring substituents is 1. The van der Waals surface area contributed by atoms with E-state index in [0.717, 1.165) is 31.0 Å². The number of aryl methyl sites for hydroxylation is 1. The van der Waals surface area contributed by atoms with Crippen molar-refractivity contribution < 1.29 is 4.92 Å². The highest BCUT2D eigenvalue weighted by Crippen LogP contribution is 2.30. The van der Waals surface area contributed by atoms with Crippen molar-refractivity contribution in [3.05, 3.63) is 39.7 Å². The molecule has 0 bridgehead atoms. The fourth-order valence-corrected chi connectivity index (χ4v) is 3.98.